The van der Waals surface area contributed by atoms with Crippen LogP contribution in [0, 0.1) is 0 Å². The van der Waals surface area contributed by atoms with E-state index >= 15 is 0 Å². The lowest BCUT2D eigenvalue weighted by Crippen LogP contribution is -2.09. The van der Waals surface area contributed by atoms with Crippen molar-refractivity contribution in [3.8, 4) is 0 Å². The van der Waals surface area contributed by atoms with E-state index in [1.807, 2.05) is 53.9 Å². The number of aromatic carboxylic acids is 1. The summed E-state index contributed by atoms with van der Waals surface area (Å²) in [6.45, 7) is 0.494. The first-order valence-corrected chi connectivity index (χ1v) is 10.5. The maximum atomic E-state index is 12.1. The van der Waals surface area contributed by atoms with Gasteiger partial charge in [-0.25, -0.2) is 9.78 Å². The minimum absolute atomic E-state index is 0.222. The van der Waals surface area contributed by atoms with Crippen molar-refractivity contribution in [1.82, 2.24) is 9.97 Å². The van der Waals surface area contributed by atoms with E-state index in [1.165, 1.54) is 23.1 Å². The summed E-state index contributed by atoms with van der Waals surface area (Å²) < 4.78 is 0.852. The topological polar surface area (TPSA) is 75.1 Å². The van der Waals surface area contributed by atoms with Crippen LogP contribution in [0.25, 0.3) is 10.2 Å². The fourth-order valence-corrected chi connectivity index (χ4v) is 4.71. The number of aromatic nitrogens is 2. The molecule has 0 spiro atoms. The van der Waals surface area contributed by atoms with Crippen LogP contribution in [0.15, 0.2) is 71.3 Å². The highest BCUT2D eigenvalue weighted by molar-refractivity contribution is 7.98. The van der Waals surface area contributed by atoms with Gasteiger partial charge in [0.15, 0.2) is 0 Å². The number of hydrogen-bond acceptors (Lipinski definition) is 6. The number of carbonyl (C=O) groups is 1. The second-order valence-electron chi connectivity index (χ2n) is 6.10. The Hall–Kier alpha value is -2.90. The van der Waals surface area contributed by atoms with Crippen molar-refractivity contribution in [2.75, 3.05) is 5.32 Å². The highest BCUT2D eigenvalue weighted by atomic mass is 32.2. The normalized spacial score (nSPS) is 10.9. The van der Waals surface area contributed by atoms with Crippen LogP contribution in [0.3, 0.4) is 0 Å². The van der Waals surface area contributed by atoms with Crippen LogP contribution in [0.4, 0.5) is 5.69 Å². The largest absolute Gasteiger partial charge is 0.478 e. The van der Waals surface area contributed by atoms with Crippen LogP contribution in [0.1, 0.15) is 21.5 Å². The number of hydrogen-bond donors (Lipinski definition) is 2. The molecule has 0 aliphatic carbocycles. The van der Waals surface area contributed by atoms with E-state index in [9.17, 15) is 9.90 Å². The summed E-state index contributed by atoms with van der Waals surface area (Å²) in [5, 5.41) is 15.7. The van der Waals surface area contributed by atoms with E-state index in [4.69, 9.17) is 0 Å². The minimum atomic E-state index is -0.980. The summed E-state index contributed by atoms with van der Waals surface area (Å²) in [5.74, 6) is -0.321. The van der Waals surface area contributed by atoms with Crippen LogP contribution < -0.4 is 5.32 Å². The molecule has 0 saturated heterocycles. The number of carboxylic acids is 1. The third-order valence-corrected chi connectivity index (χ3v) is 6.15. The van der Waals surface area contributed by atoms with Crippen LogP contribution in [-0.2, 0) is 12.3 Å². The van der Waals surface area contributed by atoms with Gasteiger partial charge < -0.3 is 10.4 Å². The molecular formula is C21H17N3O2S2. The first-order valence-electron chi connectivity index (χ1n) is 8.66. The van der Waals surface area contributed by atoms with Gasteiger partial charge in [-0.3, -0.25) is 4.98 Å². The monoisotopic (exact) mass is 407 g/mol. The molecule has 28 heavy (non-hydrogen) atoms. The van der Waals surface area contributed by atoms with Gasteiger partial charge in [-0.15, -0.1) is 23.1 Å². The maximum absolute atomic E-state index is 12.1. The van der Waals surface area contributed by atoms with E-state index < -0.39 is 5.97 Å². The first kappa shape index (κ1) is 18.5. The number of carboxylic acid groups (broad SMARTS) is 1. The van der Waals surface area contributed by atoms with Crippen LogP contribution in [-0.4, -0.2) is 21.0 Å². The molecule has 0 fully saturated rings. The summed E-state index contributed by atoms with van der Waals surface area (Å²) in [6, 6.07) is 15.7. The SMILES string of the molecule is O=C(O)c1c(SCc2ccccc2)nc2ccsc2c1NCc1cccnc1. The Morgan fingerprint density at radius 2 is 1.93 bits per heavy atom. The zero-order valence-electron chi connectivity index (χ0n) is 14.8. The molecule has 0 aliphatic rings. The number of fused-ring (bicyclic) bond motifs is 1. The van der Waals surface area contributed by atoms with Gasteiger partial charge in [-0.1, -0.05) is 36.4 Å². The van der Waals surface area contributed by atoms with Gasteiger partial charge in [0, 0.05) is 24.7 Å². The van der Waals surface area contributed by atoms with Crippen molar-refractivity contribution in [3.63, 3.8) is 0 Å². The van der Waals surface area contributed by atoms with E-state index in [0.717, 1.165) is 21.3 Å². The van der Waals surface area contributed by atoms with Crippen LogP contribution in [0.2, 0.25) is 0 Å². The molecule has 0 bridgehead atoms. The molecule has 0 aliphatic heterocycles. The fourth-order valence-electron chi connectivity index (χ4n) is 2.85. The van der Waals surface area contributed by atoms with E-state index in [2.05, 4.69) is 15.3 Å². The van der Waals surface area contributed by atoms with Crippen LogP contribution in [0.5, 0.6) is 0 Å². The molecule has 140 valence electrons. The van der Waals surface area contributed by atoms with Crippen LogP contribution >= 0.6 is 23.1 Å². The standard InChI is InChI=1S/C21H17N3O2S2/c25-21(26)17-18(23-12-15-7-4-9-22-11-15)19-16(8-10-27-19)24-20(17)28-13-14-5-2-1-3-6-14/h1-11H,12-13H2,(H,23,24)(H,25,26). The molecule has 0 atom stereocenters. The molecule has 3 aromatic heterocycles. The molecule has 5 nitrogen and oxygen atoms in total. The molecule has 4 rings (SSSR count). The molecule has 0 unspecified atom stereocenters. The molecule has 0 saturated carbocycles. The summed E-state index contributed by atoms with van der Waals surface area (Å²) in [5.41, 5.74) is 3.76. The second kappa shape index (κ2) is 8.41. The molecule has 1 aromatic carbocycles. The van der Waals surface area contributed by atoms with Gasteiger partial charge in [0.05, 0.1) is 15.9 Å². The molecule has 0 amide bonds. The third-order valence-electron chi connectivity index (χ3n) is 4.18. The van der Waals surface area contributed by atoms with Crippen molar-refractivity contribution in [2.45, 2.75) is 17.3 Å². The van der Waals surface area contributed by atoms with E-state index in [0.29, 0.717) is 23.0 Å². The second-order valence-corrected chi connectivity index (χ2v) is 7.98. The zero-order chi connectivity index (χ0) is 19.3. The number of anilines is 1. The third kappa shape index (κ3) is 4.00. The van der Waals surface area contributed by atoms with Gasteiger partial charge in [-0.2, -0.15) is 0 Å². The van der Waals surface area contributed by atoms with Crippen molar-refractivity contribution >= 4 is 45.0 Å². The number of pyridine rings is 2. The molecule has 2 N–H and O–H groups in total. The summed E-state index contributed by atoms with van der Waals surface area (Å²) in [6.07, 6.45) is 3.49. The lowest BCUT2D eigenvalue weighted by Gasteiger charge is -2.14. The Morgan fingerprint density at radius 1 is 1.11 bits per heavy atom. The molecule has 3 heterocycles. The first-order chi connectivity index (χ1) is 13.7. The average Bonchev–Trinajstić information content (AvgIpc) is 3.20. The highest BCUT2D eigenvalue weighted by Crippen LogP contribution is 2.37. The predicted molar refractivity (Wildman–Crippen MR) is 114 cm³/mol. The van der Waals surface area contributed by atoms with Crippen molar-refractivity contribution in [2.24, 2.45) is 0 Å². The van der Waals surface area contributed by atoms with Gasteiger partial charge in [0.25, 0.3) is 0 Å². The maximum Gasteiger partial charge on any atom is 0.340 e. The lowest BCUT2D eigenvalue weighted by atomic mass is 10.2. The summed E-state index contributed by atoms with van der Waals surface area (Å²) in [7, 11) is 0. The van der Waals surface area contributed by atoms with E-state index in [-0.39, 0.29) is 5.56 Å². The number of thiophene rings is 1. The van der Waals surface area contributed by atoms with Gasteiger partial charge in [0.2, 0.25) is 0 Å². The summed E-state index contributed by atoms with van der Waals surface area (Å²) >= 11 is 2.93. The Labute approximate surface area is 170 Å². The smallest absolute Gasteiger partial charge is 0.340 e. The van der Waals surface area contributed by atoms with Gasteiger partial charge in [-0.05, 0) is 28.6 Å². The Morgan fingerprint density at radius 3 is 2.68 bits per heavy atom. The van der Waals surface area contributed by atoms with Gasteiger partial charge >= 0.3 is 5.97 Å². The molecular weight excluding hydrogens is 390 g/mol. The van der Waals surface area contributed by atoms with E-state index in [1.54, 1.807) is 12.4 Å². The molecule has 4 aromatic rings. The summed E-state index contributed by atoms with van der Waals surface area (Å²) in [4.78, 5) is 20.9. The highest BCUT2D eigenvalue weighted by Gasteiger charge is 2.22. The number of nitrogens with one attached hydrogen (secondary N) is 1. The number of nitrogens with zero attached hydrogens (tertiary/aromatic N) is 2. The fraction of sp³-hybridized carbons (Fsp3) is 0.0952. The minimum Gasteiger partial charge on any atom is -0.478 e. The van der Waals surface area contributed by atoms with Crippen molar-refractivity contribution < 1.29 is 9.90 Å². The zero-order valence-corrected chi connectivity index (χ0v) is 16.5. The Kier molecular flexibility index (Phi) is 5.55. The lowest BCUT2D eigenvalue weighted by molar-refractivity contribution is 0.0693. The Bertz CT molecular complexity index is 1100. The average molecular weight is 408 g/mol. The quantitative estimate of drug-likeness (QED) is 0.405. The number of thioether (sulfide) groups is 1. The number of benzene rings is 1. The van der Waals surface area contributed by atoms with Crippen molar-refractivity contribution in [1.29, 1.82) is 0 Å². The Balaban J connectivity index is 1.70. The molecule has 7 heteroatoms. The predicted octanol–water partition coefficient (Wildman–Crippen LogP) is 5.29. The molecule has 0 radical (unpaired) electrons. The van der Waals surface area contributed by atoms with Gasteiger partial charge in [0.1, 0.15) is 10.6 Å². The number of rotatable bonds is 7. The van der Waals surface area contributed by atoms with Crippen molar-refractivity contribution in [3.05, 3.63) is 83.0 Å².